The molecule has 0 saturated heterocycles. The van der Waals surface area contributed by atoms with Crippen LogP contribution in [0.5, 0.6) is 0 Å². The van der Waals surface area contributed by atoms with E-state index < -0.39 is 5.41 Å². The van der Waals surface area contributed by atoms with Crippen LogP contribution in [0.1, 0.15) is 17.2 Å². The number of para-hydroxylation sites is 2. The van der Waals surface area contributed by atoms with Crippen LogP contribution >= 0.6 is 0 Å². The minimum atomic E-state index is -0.790. The number of nitrogens with one attached hydrogen (secondary N) is 2. The normalized spacial score (nSPS) is 15.0. The molecule has 28 heavy (non-hydrogen) atoms. The van der Waals surface area contributed by atoms with Gasteiger partial charge in [-0.15, -0.1) is 0 Å². The zero-order chi connectivity index (χ0) is 19.0. The number of nitrogens with zero attached hydrogens (tertiary/aromatic N) is 3. The van der Waals surface area contributed by atoms with Gasteiger partial charge in [0.25, 0.3) is 0 Å². The fourth-order valence-electron chi connectivity index (χ4n) is 4.11. The van der Waals surface area contributed by atoms with Crippen molar-refractivity contribution in [3.05, 3.63) is 96.6 Å². The highest BCUT2D eigenvalue weighted by atomic mass is 16.2. The zero-order valence-corrected chi connectivity index (χ0v) is 15.2. The summed E-state index contributed by atoms with van der Waals surface area (Å²) in [5, 5.41) is 0. The molecule has 1 amide bonds. The van der Waals surface area contributed by atoms with E-state index >= 15 is 0 Å². The van der Waals surface area contributed by atoms with Crippen LogP contribution in [0.4, 0.5) is 11.4 Å². The number of aromatic nitrogens is 4. The zero-order valence-electron chi connectivity index (χ0n) is 15.2. The van der Waals surface area contributed by atoms with Crippen LogP contribution in [0.3, 0.4) is 0 Å². The molecule has 0 saturated carbocycles. The summed E-state index contributed by atoms with van der Waals surface area (Å²) in [4.78, 5) is 30.9. The van der Waals surface area contributed by atoms with Crippen LogP contribution in [0.15, 0.2) is 79.4 Å². The molecular formula is C22H19N5O. The van der Waals surface area contributed by atoms with Crippen molar-refractivity contribution in [2.24, 2.45) is 0 Å². The predicted molar refractivity (Wildman–Crippen MR) is 106 cm³/mol. The Morgan fingerprint density at radius 2 is 1.43 bits per heavy atom. The fourth-order valence-corrected chi connectivity index (χ4v) is 4.11. The Labute approximate surface area is 162 Å². The maximum absolute atomic E-state index is 14.0. The van der Waals surface area contributed by atoms with E-state index in [1.165, 1.54) is 0 Å². The van der Waals surface area contributed by atoms with Gasteiger partial charge in [0.1, 0.15) is 11.6 Å². The van der Waals surface area contributed by atoms with Gasteiger partial charge in [-0.2, -0.15) is 0 Å². The van der Waals surface area contributed by atoms with Crippen molar-refractivity contribution in [2.75, 3.05) is 4.90 Å². The molecule has 2 aromatic carbocycles. The smallest absolute Gasteiger partial charge is 0.243 e. The van der Waals surface area contributed by atoms with Crippen molar-refractivity contribution in [2.45, 2.75) is 18.3 Å². The Kier molecular flexibility index (Phi) is 3.83. The topological polar surface area (TPSA) is 77.7 Å². The largest absolute Gasteiger partial charge is 0.349 e. The van der Waals surface area contributed by atoms with Crippen molar-refractivity contribution in [3.63, 3.8) is 0 Å². The van der Waals surface area contributed by atoms with Gasteiger partial charge in [0.15, 0.2) is 0 Å². The third-order valence-corrected chi connectivity index (χ3v) is 5.34. The Morgan fingerprint density at radius 3 is 2.04 bits per heavy atom. The van der Waals surface area contributed by atoms with Crippen LogP contribution in [-0.2, 0) is 23.1 Å². The van der Waals surface area contributed by atoms with Gasteiger partial charge in [0, 0.05) is 43.3 Å². The van der Waals surface area contributed by atoms with E-state index in [9.17, 15) is 4.79 Å². The molecule has 0 fully saturated rings. The summed E-state index contributed by atoms with van der Waals surface area (Å²) in [5.41, 5.74) is 1.98. The second-order valence-corrected chi connectivity index (χ2v) is 7.00. The first-order chi connectivity index (χ1) is 13.8. The van der Waals surface area contributed by atoms with Gasteiger partial charge in [0.2, 0.25) is 5.91 Å². The molecule has 2 aromatic heterocycles. The van der Waals surface area contributed by atoms with Gasteiger partial charge in [0.05, 0.1) is 11.1 Å². The molecular weight excluding hydrogens is 350 g/mol. The van der Waals surface area contributed by atoms with E-state index in [0.29, 0.717) is 12.8 Å². The number of aromatic amines is 2. The first-order valence-corrected chi connectivity index (χ1v) is 9.23. The van der Waals surface area contributed by atoms with Crippen molar-refractivity contribution < 1.29 is 4.79 Å². The summed E-state index contributed by atoms with van der Waals surface area (Å²) < 4.78 is 0. The highest BCUT2D eigenvalue weighted by Gasteiger charge is 2.52. The summed E-state index contributed by atoms with van der Waals surface area (Å²) in [6, 6.07) is 17.8. The van der Waals surface area contributed by atoms with E-state index in [-0.39, 0.29) is 5.91 Å². The molecule has 5 rings (SSSR count). The molecule has 2 N–H and O–H groups in total. The first kappa shape index (κ1) is 16.5. The lowest BCUT2D eigenvalue weighted by Crippen LogP contribution is -2.42. The molecule has 6 nitrogen and oxygen atoms in total. The summed E-state index contributed by atoms with van der Waals surface area (Å²) in [6.07, 6.45) is 7.96. The molecule has 138 valence electrons. The Bertz CT molecular complexity index is 1050. The standard InChI is InChI=1S/C22H19N5O/c28-21-22(14-19-23-10-11-24-19,15-20-25-12-13-26-20)17-8-4-5-9-18(17)27(21)16-6-2-1-3-7-16/h1-13H,14-15H2,(H,23,24)(H,25,26). The van der Waals surface area contributed by atoms with E-state index in [0.717, 1.165) is 28.6 Å². The number of rotatable bonds is 5. The number of imidazole rings is 2. The van der Waals surface area contributed by atoms with Gasteiger partial charge in [-0.3, -0.25) is 9.69 Å². The number of carbonyl (C=O) groups is 1. The summed E-state index contributed by atoms with van der Waals surface area (Å²) in [5.74, 6) is 1.60. The maximum Gasteiger partial charge on any atom is 0.243 e. The Morgan fingerprint density at radius 1 is 0.821 bits per heavy atom. The molecule has 3 heterocycles. The van der Waals surface area contributed by atoms with Gasteiger partial charge < -0.3 is 9.97 Å². The van der Waals surface area contributed by atoms with Gasteiger partial charge in [-0.1, -0.05) is 36.4 Å². The molecule has 6 heteroatoms. The minimum absolute atomic E-state index is 0.0349. The lowest BCUT2D eigenvalue weighted by molar-refractivity contribution is -0.122. The number of fused-ring (bicyclic) bond motifs is 1. The van der Waals surface area contributed by atoms with Crippen LogP contribution in [0, 0.1) is 0 Å². The Balaban J connectivity index is 1.70. The summed E-state index contributed by atoms with van der Waals surface area (Å²) in [6.45, 7) is 0. The highest BCUT2D eigenvalue weighted by Crippen LogP contribution is 2.48. The van der Waals surface area contributed by atoms with Crippen molar-refractivity contribution in [1.82, 2.24) is 19.9 Å². The van der Waals surface area contributed by atoms with Crippen molar-refractivity contribution in [1.29, 1.82) is 0 Å². The molecule has 4 aromatic rings. The van der Waals surface area contributed by atoms with Crippen molar-refractivity contribution >= 4 is 17.3 Å². The lowest BCUT2D eigenvalue weighted by Gasteiger charge is -2.27. The first-order valence-electron chi connectivity index (χ1n) is 9.23. The highest BCUT2D eigenvalue weighted by molar-refractivity contribution is 6.13. The number of hydrogen-bond donors (Lipinski definition) is 2. The average Bonchev–Trinajstić information content (AvgIpc) is 3.46. The molecule has 1 aliphatic heterocycles. The van der Waals surface area contributed by atoms with Crippen LogP contribution < -0.4 is 4.90 Å². The molecule has 0 radical (unpaired) electrons. The van der Waals surface area contributed by atoms with Crippen LogP contribution in [0.25, 0.3) is 0 Å². The van der Waals surface area contributed by atoms with Crippen LogP contribution in [0.2, 0.25) is 0 Å². The number of H-pyrrole nitrogens is 2. The van der Waals surface area contributed by atoms with Gasteiger partial charge >= 0.3 is 0 Å². The molecule has 0 unspecified atom stereocenters. The number of hydrogen-bond acceptors (Lipinski definition) is 3. The number of amides is 1. The van der Waals surface area contributed by atoms with Gasteiger partial charge in [-0.25, -0.2) is 9.97 Å². The third kappa shape index (κ3) is 2.53. The fraction of sp³-hybridized carbons (Fsp3) is 0.136. The second-order valence-electron chi connectivity index (χ2n) is 7.00. The van der Waals surface area contributed by atoms with E-state index in [2.05, 4.69) is 19.9 Å². The van der Waals surface area contributed by atoms with Crippen LogP contribution in [-0.4, -0.2) is 25.8 Å². The summed E-state index contributed by atoms with van der Waals surface area (Å²) >= 11 is 0. The predicted octanol–water partition coefficient (Wildman–Crippen LogP) is 3.53. The SMILES string of the molecule is O=C1N(c2ccccc2)c2ccccc2C1(Cc1ncc[nH]1)Cc1ncc[nH]1. The molecule has 0 bridgehead atoms. The second kappa shape index (κ2) is 6.49. The van der Waals surface area contributed by atoms with E-state index in [4.69, 9.17) is 0 Å². The number of benzene rings is 2. The average molecular weight is 369 g/mol. The molecule has 0 spiro atoms. The van der Waals surface area contributed by atoms with Gasteiger partial charge in [-0.05, 0) is 23.8 Å². The molecule has 1 aliphatic rings. The minimum Gasteiger partial charge on any atom is -0.349 e. The quantitative estimate of drug-likeness (QED) is 0.565. The monoisotopic (exact) mass is 369 g/mol. The van der Waals surface area contributed by atoms with E-state index in [1.807, 2.05) is 59.5 Å². The maximum atomic E-state index is 14.0. The Hall–Kier alpha value is -3.67. The molecule has 0 atom stereocenters. The lowest BCUT2D eigenvalue weighted by atomic mass is 9.75. The third-order valence-electron chi connectivity index (χ3n) is 5.34. The number of carbonyl (C=O) groups excluding carboxylic acids is 1. The van der Waals surface area contributed by atoms with Crippen molar-refractivity contribution in [3.8, 4) is 0 Å². The van der Waals surface area contributed by atoms with E-state index in [1.54, 1.807) is 24.8 Å². The number of anilines is 2. The summed E-state index contributed by atoms with van der Waals surface area (Å²) in [7, 11) is 0. The molecule has 0 aliphatic carbocycles.